The van der Waals surface area contributed by atoms with Crippen LogP contribution in [-0.2, 0) is 16.7 Å². The van der Waals surface area contributed by atoms with Gasteiger partial charge in [-0.2, -0.15) is 4.99 Å². The molecule has 1 aliphatic rings. The molecule has 1 aliphatic heterocycles. The number of nitrogens with zero attached hydrogens (tertiary/aromatic N) is 2. The van der Waals surface area contributed by atoms with Gasteiger partial charge in [0.15, 0.2) is 4.80 Å². The first-order chi connectivity index (χ1) is 12.6. The quantitative estimate of drug-likeness (QED) is 0.758. The molecule has 1 amide bonds. The van der Waals surface area contributed by atoms with Gasteiger partial charge < -0.3 is 14.0 Å². The average molecular weight is 409 g/mol. The van der Waals surface area contributed by atoms with Crippen molar-refractivity contribution < 1.29 is 14.3 Å². The summed E-state index contributed by atoms with van der Waals surface area (Å²) in [6, 6.07) is 4.97. The van der Waals surface area contributed by atoms with Gasteiger partial charge in [-0.05, 0) is 23.6 Å². The van der Waals surface area contributed by atoms with Gasteiger partial charge in [-0.15, -0.1) is 11.3 Å². The van der Waals surface area contributed by atoms with Crippen molar-refractivity contribution in [2.24, 2.45) is 10.4 Å². The molecular formula is C20H25ClN2O3S. The Morgan fingerprint density at radius 2 is 2.11 bits per heavy atom. The lowest BCUT2D eigenvalue weighted by Gasteiger charge is -2.38. The third kappa shape index (κ3) is 4.45. The molecule has 0 N–H and O–H groups in total. The zero-order chi connectivity index (χ0) is 19.8. The highest BCUT2D eigenvalue weighted by Gasteiger charge is 2.34. The van der Waals surface area contributed by atoms with E-state index in [0.717, 1.165) is 19.8 Å². The van der Waals surface area contributed by atoms with Crippen LogP contribution in [0.3, 0.4) is 0 Å². The van der Waals surface area contributed by atoms with Crippen LogP contribution in [0.2, 0.25) is 5.02 Å². The summed E-state index contributed by atoms with van der Waals surface area (Å²) in [5.74, 6) is 0.104. The molecule has 1 aromatic heterocycles. The standard InChI is InChI=1S/C20H25ClN2O3S/c1-19(2,3)16-9-23(10-20(4)11-26-12-20)18(27-16)22-17(24)14-8-13(21)6-7-15(14)25-5/h6-9H,10-12H2,1-5H3. The van der Waals surface area contributed by atoms with Gasteiger partial charge in [0.1, 0.15) is 5.75 Å². The van der Waals surface area contributed by atoms with E-state index >= 15 is 0 Å². The maximum atomic E-state index is 12.9. The molecule has 0 radical (unpaired) electrons. The molecule has 1 saturated heterocycles. The highest BCUT2D eigenvalue weighted by Crippen LogP contribution is 2.30. The molecule has 146 valence electrons. The molecule has 0 spiro atoms. The number of amides is 1. The number of aromatic nitrogens is 1. The number of thiazole rings is 1. The van der Waals surface area contributed by atoms with Crippen LogP contribution in [0.15, 0.2) is 29.4 Å². The van der Waals surface area contributed by atoms with E-state index in [1.807, 2.05) is 0 Å². The predicted octanol–water partition coefficient (Wildman–Crippen LogP) is 4.29. The third-order valence-corrected chi connectivity index (χ3v) is 6.18. The minimum Gasteiger partial charge on any atom is -0.496 e. The van der Waals surface area contributed by atoms with Crippen LogP contribution in [0.5, 0.6) is 5.75 Å². The molecular weight excluding hydrogens is 384 g/mol. The molecule has 0 atom stereocenters. The van der Waals surface area contributed by atoms with E-state index in [2.05, 4.69) is 43.5 Å². The maximum Gasteiger partial charge on any atom is 0.283 e. The van der Waals surface area contributed by atoms with Crippen molar-refractivity contribution >= 4 is 28.8 Å². The monoisotopic (exact) mass is 408 g/mol. The lowest BCUT2D eigenvalue weighted by Crippen LogP contribution is -2.44. The van der Waals surface area contributed by atoms with E-state index in [1.165, 1.54) is 12.0 Å². The molecule has 2 aromatic rings. The van der Waals surface area contributed by atoms with Crippen LogP contribution in [0.25, 0.3) is 0 Å². The largest absolute Gasteiger partial charge is 0.496 e. The summed E-state index contributed by atoms with van der Waals surface area (Å²) >= 11 is 7.61. The van der Waals surface area contributed by atoms with Crippen molar-refractivity contribution in [3.8, 4) is 5.75 Å². The van der Waals surface area contributed by atoms with Crippen LogP contribution < -0.4 is 9.54 Å². The topological polar surface area (TPSA) is 52.8 Å². The zero-order valence-electron chi connectivity index (χ0n) is 16.3. The molecule has 0 aliphatic carbocycles. The minimum atomic E-state index is -0.361. The van der Waals surface area contributed by atoms with Crippen LogP contribution in [-0.4, -0.2) is 30.8 Å². The van der Waals surface area contributed by atoms with Gasteiger partial charge in [0.25, 0.3) is 5.91 Å². The fraction of sp³-hybridized carbons (Fsp3) is 0.500. The fourth-order valence-corrected chi connectivity index (χ4v) is 4.09. The van der Waals surface area contributed by atoms with Gasteiger partial charge >= 0.3 is 0 Å². The van der Waals surface area contributed by atoms with Crippen molar-refractivity contribution in [1.29, 1.82) is 0 Å². The molecule has 0 bridgehead atoms. The predicted molar refractivity (Wildman–Crippen MR) is 108 cm³/mol. The Kier molecular flexibility index (Phi) is 5.52. The SMILES string of the molecule is COc1ccc(Cl)cc1C(=O)N=c1sc(C(C)(C)C)cn1CC1(C)COC1. The molecule has 1 fully saturated rings. The second-order valence-corrected chi connectivity index (χ2v) is 9.77. The first-order valence-corrected chi connectivity index (χ1v) is 10.0. The van der Waals surface area contributed by atoms with E-state index < -0.39 is 0 Å². The van der Waals surface area contributed by atoms with Crippen molar-refractivity contribution in [1.82, 2.24) is 4.57 Å². The van der Waals surface area contributed by atoms with E-state index in [1.54, 1.807) is 29.5 Å². The molecule has 2 heterocycles. The van der Waals surface area contributed by atoms with Crippen molar-refractivity contribution in [2.45, 2.75) is 39.7 Å². The number of carbonyl (C=O) groups excluding carboxylic acids is 1. The Balaban J connectivity index is 2.05. The Hall–Kier alpha value is -1.63. The summed E-state index contributed by atoms with van der Waals surface area (Å²) in [5.41, 5.74) is 0.413. The summed E-state index contributed by atoms with van der Waals surface area (Å²) in [6.07, 6.45) is 2.11. The molecule has 0 unspecified atom stereocenters. The Morgan fingerprint density at radius 1 is 1.41 bits per heavy atom. The number of methoxy groups -OCH3 is 1. The van der Waals surface area contributed by atoms with Crippen LogP contribution >= 0.6 is 22.9 Å². The summed E-state index contributed by atoms with van der Waals surface area (Å²) in [5, 5.41) is 0.475. The molecule has 1 aromatic carbocycles. The second-order valence-electron chi connectivity index (χ2n) is 8.32. The average Bonchev–Trinajstić information content (AvgIpc) is 2.96. The molecule has 0 saturated carbocycles. The number of rotatable bonds is 4. The molecule has 27 heavy (non-hydrogen) atoms. The van der Waals surface area contributed by atoms with Gasteiger partial charge in [-0.1, -0.05) is 39.3 Å². The number of halogens is 1. The van der Waals surface area contributed by atoms with Crippen LogP contribution in [0.1, 0.15) is 42.9 Å². The highest BCUT2D eigenvalue weighted by molar-refractivity contribution is 7.09. The van der Waals surface area contributed by atoms with Gasteiger partial charge in [0.05, 0.1) is 25.9 Å². The third-order valence-electron chi connectivity index (χ3n) is 4.50. The Morgan fingerprint density at radius 3 is 2.67 bits per heavy atom. The highest BCUT2D eigenvalue weighted by atomic mass is 35.5. The van der Waals surface area contributed by atoms with E-state index in [0.29, 0.717) is 21.1 Å². The first-order valence-electron chi connectivity index (χ1n) is 8.82. The minimum absolute atomic E-state index is 0.0198. The van der Waals surface area contributed by atoms with Crippen LogP contribution in [0, 0.1) is 5.41 Å². The number of ether oxygens (including phenoxy) is 2. The van der Waals surface area contributed by atoms with Crippen molar-refractivity contribution in [2.75, 3.05) is 20.3 Å². The Bertz CT molecular complexity index is 920. The maximum absolute atomic E-state index is 12.9. The van der Waals surface area contributed by atoms with E-state index in [-0.39, 0.29) is 16.7 Å². The Labute approximate surface area is 168 Å². The van der Waals surface area contributed by atoms with E-state index in [9.17, 15) is 4.79 Å². The van der Waals surface area contributed by atoms with Gasteiger partial charge in [-0.25, -0.2) is 0 Å². The van der Waals surface area contributed by atoms with Crippen molar-refractivity contribution in [3.63, 3.8) is 0 Å². The number of benzene rings is 1. The lowest BCUT2D eigenvalue weighted by atomic mass is 9.88. The van der Waals surface area contributed by atoms with Gasteiger partial charge in [0.2, 0.25) is 0 Å². The summed E-state index contributed by atoms with van der Waals surface area (Å²) in [6.45, 7) is 10.9. The number of carbonyl (C=O) groups is 1. The van der Waals surface area contributed by atoms with Gasteiger partial charge in [0, 0.05) is 28.1 Å². The van der Waals surface area contributed by atoms with Crippen LogP contribution in [0.4, 0.5) is 0 Å². The number of hydrogen-bond acceptors (Lipinski definition) is 4. The second kappa shape index (κ2) is 7.41. The molecule has 5 nitrogen and oxygen atoms in total. The summed E-state index contributed by atoms with van der Waals surface area (Å²) in [4.78, 5) is 19.1. The smallest absolute Gasteiger partial charge is 0.283 e. The normalized spacial score (nSPS) is 16.9. The first kappa shape index (κ1) is 20.1. The summed E-state index contributed by atoms with van der Waals surface area (Å²) in [7, 11) is 1.53. The lowest BCUT2D eigenvalue weighted by molar-refractivity contribution is -0.110. The van der Waals surface area contributed by atoms with Gasteiger partial charge in [-0.3, -0.25) is 4.79 Å². The van der Waals surface area contributed by atoms with E-state index in [4.69, 9.17) is 21.1 Å². The molecule has 3 rings (SSSR count). The fourth-order valence-electron chi connectivity index (χ4n) is 2.87. The number of hydrogen-bond donors (Lipinski definition) is 0. The summed E-state index contributed by atoms with van der Waals surface area (Å²) < 4.78 is 12.7. The zero-order valence-corrected chi connectivity index (χ0v) is 17.9. The molecule has 7 heteroatoms. The van der Waals surface area contributed by atoms with Crippen molar-refractivity contribution in [3.05, 3.63) is 44.7 Å².